The van der Waals surface area contributed by atoms with E-state index >= 15 is 0 Å². The van der Waals surface area contributed by atoms with Gasteiger partial charge in [-0.3, -0.25) is 4.79 Å². The van der Waals surface area contributed by atoms with Gasteiger partial charge in [-0.2, -0.15) is 0 Å². The third-order valence-electron chi connectivity index (χ3n) is 2.96. The smallest absolute Gasteiger partial charge is 0.338 e. The lowest BCUT2D eigenvalue weighted by Crippen LogP contribution is -2.36. The molecule has 0 radical (unpaired) electrons. The Bertz CT molecular complexity index is 442. The zero-order valence-electron chi connectivity index (χ0n) is 9.84. The van der Waals surface area contributed by atoms with E-state index in [0.29, 0.717) is 25.9 Å². The van der Waals surface area contributed by atoms with Crippen molar-refractivity contribution in [3.63, 3.8) is 0 Å². The number of likely N-dealkylation sites (tertiary alicyclic amines) is 1. The molecule has 0 bridgehead atoms. The van der Waals surface area contributed by atoms with E-state index < -0.39 is 11.8 Å². The molecule has 1 aromatic carbocycles. The molecule has 4 nitrogen and oxygen atoms in total. The summed E-state index contributed by atoms with van der Waals surface area (Å²) in [5.74, 6) is -0.973. The van der Waals surface area contributed by atoms with E-state index in [9.17, 15) is 14.0 Å². The van der Waals surface area contributed by atoms with E-state index in [1.807, 2.05) is 0 Å². The number of amides is 1. The Morgan fingerprint density at radius 2 is 2.11 bits per heavy atom. The molecule has 1 amide bonds. The molecule has 18 heavy (non-hydrogen) atoms. The molecule has 0 aliphatic carbocycles. The molecule has 0 N–H and O–H groups in total. The highest BCUT2D eigenvalue weighted by atomic mass is 19.1. The van der Waals surface area contributed by atoms with Gasteiger partial charge < -0.3 is 9.64 Å². The van der Waals surface area contributed by atoms with Crippen LogP contribution in [0.3, 0.4) is 0 Å². The van der Waals surface area contributed by atoms with Gasteiger partial charge in [0.1, 0.15) is 11.9 Å². The lowest BCUT2D eigenvalue weighted by molar-refractivity contribution is -0.120. The third kappa shape index (κ3) is 3.06. The van der Waals surface area contributed by atoms with Gasteiger partial charge in [0.15, 0.2) is 0 Å². The molecule has 1 fully saturated rings. The fourth-order valence-electron chi connectivity index (χ4n) is 1.93. The number of carbonyl (C=O) groups excluding carboxylic acids is 2. The van der Waals surface area contributed by atoms with Crippen molar-refractivity contribution in [1.82, 2.24) is 4.90 Å². The fraction of sp³-hybridized carbons (Fsp3) is 0.385. The summed E-state index contributed by atoms with van der Waals surface area (Å²) >= 11 is 0. The van der Waals surface area contributed by atoms with Crippen LogP contribution in [-0.2, 0) is 9.53 Å². The molecular weight excluding hydrogens is 237 g/mol. The van der Waals surface area contributed by atoms with Gasteiger partial charge in [-0.1, -0.05) is 6.07 Å². The quantitative estimate of drug-likeness (QED) is 0.605. The Kier molecular flexibility index (Phi) is 3.92. The van der Waals surface area contributed by atoms with Crippen molar-refractivity contribution in [3.8, 4) is 0 Å². The second-order valence-electron chi connectivity index (χ2n) is 4.26. The van der Waals surface area contributed by atoms with Crippen molar-refractivity contribution in [1.29, 1.82) is 0 Å². The minimum Gasteiger partial charge on any atom is -0.459 e. The van der Waals surface area contributed by atoms with E-state index in [1.165, 1.54) is 18.2 Å². The third-order valence-corrected chi connectivity index (χ3v) is 2.96. The number of hydrogen-bond acceptors (Lipinski definition) is 3. The van der Waals surface area contributed by atoms with Crippen molar-refractivity contribution in [2.75, 3.05) is 13.1 Å². The normalized spacial score (nSPS) is 16.4. The highest BCUT2D eigenvalue weighted by molar-refractivity contribution is 5.89. The average Bonchev–Trinajstić information content (AvgIpc) is 2.39. The van der Waals surface area contributed by atoms with Gasteiger partial charge in [-0.25, -0.2) is 9.18 Å². The number of nitrogens with zero attached hydrogens (tertiary/aromatic N) is 1. The number of carbonyl (C=O) groups is 2. The number of halogens is 1. The number of esters is 1. The number of hydrogen-bond donors (Lipinski definition) is 0. The fourth-order valence-corrected chi connectivity index (χ4v) is 1.93. The molecule has 2 rings (SSSR count). The van der Waals surface area contributed by atoms with Crippen LogP contribution in [0.4, 0.5) is 4.39 Å². The maximum atomic E-state index is 12.9. The molecule has 0 atom stereocenters. The highest BCUT2D eigenvalue weighted by Gasteiger charge is 2.22. The first-order valence-electron chi connectivity index (χ1n) is 5.85. The second kappa shape index (κ2) is 5.62. The summed E-state index contributed by atoms with van der Waals surface area (Å²) in [4.78, 5) is 23.9. The van der Waals surface area contributed by atoms with Crippen LogP contribution in [0.2, 0.25) is 0 Å². The van der Waals surface area contributed by atoms with Crippen molar-refractivity contribution < 1.29 is 18.7 Å². The Balaban J connectivity index is 1.90. The van der Waals surface area contributed by atoms with Crippen molar-refractivity contribution in [3.05, 3.63) is 35.6 Å². The summed E-state index contributed by atoms with van der Waals surface area (Å²) in [6.07, 6.45) is 1.85. The van der Waals surface area contributed by atoms with Gasteiger partial charge >= 0.3 is 5.97 Å². The van der Waals surface area contributed by atoms with E-state index in [1.54, 1.807) is 4.90 Å². The monoisotopic (exact) mass is 251 g/mol. The van der Waals surface area contributed by atoms with Gasteiger partial charge in [-0.05, 0) is 18.2 Å². The minimum absolute atomic E-state index is 0.197. The topological polar surface area (TPSA) is 46.6 Å². The van der Waals surface area contributed by atoms with E-state index in [-0.39, 0.29) is 11.7 Å². The number of rotatable bonds is 3. The van der Waals surface area contributed by atoms with Crippen LogP contribution in [0.5, 0.6) is 0 Å². The molecular formula is C13H14FNO3. The van der Waals surface area contributed by atoms with E-state index in [2.05, 4.69) is 0 Å². The van der Waals surface area contributed by atoms with Crippen LogP contribution in [0, 0.1) is 5.82 Å². The van der Waals surface area contributed by atoms with Crippen LogP contribution < -0.4 is 0 Å². The molecule has 1 aliphatic rings. The van der Waals surface area contributed by atoms with Crippen LogP contribution >= 0.6 is 0 Å². The SMILES string of the molecule is O=CN1CCC(OC(=O)c2cccc(F)c2)CC1. The zero-order valence-corrected chi connectivity index (χ0v) is 9.84. The average molecular weight is 251 g/mol. The van der Waals surface area contributed by atoms with Gasteiger partial charge in [0, 0.05) is 25.9 Å². The second-order valence-corrected chi connectivity index (χ2v) is 4.26. The Labute approximate surface area is 104 Å². The first-order chi connectivity index (χ1) is 8.69. The number of ether oxygens (including phenoxy) is 1. The van der Waals surface area contributed by atoms with Gasteiger partial charge in [0.05, 0.1) is 5.56 Å². The van der Waals surface area contributed by atoms with Crippen LogP contribution in [0.1, 0.15) is 23.2 Å². The Morgan fingerprint density at radius 3 is 2.72 bits per heavy atom. The first-order valence-corrected chi connectivity index (χ1v) is 5.85. The molecule has 0 spiro atoms. The van der Waals surface area contributed by atoms with Gasteiger partial charge in [0.2, 0.25) is 6.41 Å². The van der Waals surface area contributed by atoms with Crippen molar-refractivity contribution in [2.45, 2.75) is 18.9 Å². The zero-order chi connectivity index (χ0) is 13.0. The highest BCUT2D eigenvalue weighted by Crippen LogP contribution is 2.15. The number of piperidine rings is 1. The summed E-state index contributed by atoms with van der Waals surface area (Å²) in [6, 6.07) is 5.43. The van der Waals surface area contributed by atoms with Gasteiger partial charge in [0.25, 0.3) is 0 Å². The van der Waals surface area contributed by atoms with Crippen LogP contribution in [0.25, 0.3) is 0 Å². The molecule has 1 saturated heterocycles. The van der Waals surface area contributed by atoms with Crippen molar-refractivity contribution in [2.24, 2.45) is 0 Å². The molecule has 0 aromatic heterocycles. The predicted molar refractivity (Wildman–Crippen MR) is 62.5 cm³/mol. The van der Waals surface area contributed by atoms with Gasteiger partial charge in [-0.15, -0.1) is 0 Å². The maximum Gasteiger partial charge on any atom is 0.338 e. The molecule has 1 aromatic rings. The van der Waals surface area contributed by atoms with Crippen LogP contribution in [0.15, 0.2) is 24.3 Å². The predicted octanol–water partition coefficient (Wildman–Crippen LogP) is 1.60. The standard InChI is InChI=1S/C13H14FNO3/c14-11-3-1-2-10(8-11)13(17)18-12-4-6-15(9-16)7-5-12/h1-3,8-9,12H,4-7H2. The lowest BCUT2D eigenvalue weighted by Gasteiger charge is -2.28. The molecule has 0 unspecified atom stereocenters. The Morgan fingerprint density at radius 1 is 1.39 bits per heavy atom. The summed E-state index contributed by atoms with van der Waals surface area (Å²) < 4.78 is 18.2. The summed E-state index contributed by atoms with van der Waals surface area (Å²) in [5, 5.41) is 0. The largest absolute Gasteiger partial charge is 0.459 e. The first kappa shape index (κ1) is 12.5. The lowest BCUT2D eigenvalue weighted by atomic mass is 10.1. The molecule has 0 saturated carbocycles. The summed E-state index contributed by atoms with van der Waals surface area (Å²) in [7, 11) is 0. The molecule has 96 valence electrons. The molecule has 5 heteroatoms. The minimum atomic E-state index is -0.515. The molecule has 1 aliphatic heterocycles. The molecule has 1 heterocycles. The summed E-state index contributed by atoms with van der Waals surface area (Å²) in [5.41, 5.74) is 0.216. The van der Waals surface area contributed by atoms with Crippen LogP contribution in [-0.4, -0.2) is 36.5 Å². The maximum absolute atomic E-state index is 12.9. The van der Waals surface area contributed by atoms with Crippen molar-refractivity contribution >= 4 is 12.4 Å². The van der Waals surface area contributed by atoms with E-state index in [0.717, 1.165) is 12.5 Å². The van der Waals surface area contributed by atoms with E-state index in [4.69, 9.17) is 4.74 Å². The number of benzene rings is 1. The summed E-state index contributed by atoms with van der Waals surface area (Å²) in [6.45, 7) is 1.18. The Hall–Kier alpha value is -1.91.